The summed E-state index contributed by atoms with van der Waals surface area (Å²) in [7, 11) is -3.56. The number of carbonyl (C=O) groups excluding carboxylic acids is 1. The molecule has 1 N–H and O–H groups in total. The lowest BCUT2D eigenvalue weighted by molar-refractivity contribution is 0.0792. The molecular weight excluding hydrogens is 276 g/mol. The van der Waals surface area contributed by atoms with E-state index in [1.165, 1.54) is 12.1 Å². The van der Waals surface area contributed by atoms with E-state index in [4.69, 9.17) is 0 Å². The SMILES string of the molecule is CC(C)NS(=O)(=O)c1cccc(C(=O)N2CCCC2)c1. The Kier molecular flexibility index (Phi) is 4.45. The standard InChI is InChI=1S/C14H20N2O3S/c1-11(2)15-20(18,19)13-7-5-6-12(10-13)14(17)16-8-3-4-9-16/h5-7,10-11,15H,3-4,8-9H2,1-2H3. The largest absolute Gasteiger partial charge is 0.339 e. The molecule has 1 heterocycles. The molecule has 0 unspecified atom stereocenters. The van der Waals surface area contributed by atoms with Crippen molar-refractivity contribution in [1.29, 1.82) is 0 Å². The Morgan fingerprint density at radius 3 is 2.50 bits per heavy atom. The number of hydrogen-bond donors (Lipinski definition) is 1. The highest BCUT2D eigenvalue weighted by atomic mass is 32.2. The Hall–Kier alpha value is -1.40. The fourth-order valence-electron chi connectivity index (χ4n) is 2.28. The molecule has 1 saturated heterocycles. The molecule has 0 spiro atoms. The summed E-state index contributed by atoms with van der Waals surface area (Å²) in [6.07, 6.45) is 2.03. The molecule has 1 aliphatic heterocycles. The third kappa shape index (κ3) is 3.37. The third-order valence-corrected chi connectivity index (χ3v) is 4.83. The van der Waals surface area contributed by atoms with Gasteiger partial charge in [0.25, 0.3) is 5.91 Å². The van der Waals surface area contributed by atoms with Gasteiger partial charge in [0.15, 0.2) is 0 Å². The molecule has 0 atom stereocenters. The van der Waals surface area contributed by atoms with E-state index in [0.717, 1.165) is 25.9 Å². The second-order valence-electron chi connectivity index (χ2n) is 5.30. The summed E-state index contributed by atoms with van der Waals surface area (Å²) in [6, 6.07) is 6.04. The molecule has 20 heavy (non-hydrogen) atoms. The van der Waals surface area contributed by atoms with Crippen molar-refractivity contribution in [2.24, 2.45) is 0 Å². The summed E-state index contributed by atoms with van der Waals surface area (Å²) >= 11 is 0. The van der Waals surface area contributed by atoms with Crippen molar-refractivity contribution < 1.29 is 13.2 Å². The van der Waals surface area contributed by atoms with E-state index >= 15 is 0 Å². The highest BCUT2D eigenvalue weighted by molar-refractivity contribution is 7.89. The van der Waals surface area contributed by atoms with Gasteiger partial charge in [0.1, 0.15) is 0 Å². The first-order valence-electron chi connectivity index (χ1n) is 6.82. The Morgan fingerprint density at radius 1 is 1.25 bits per heavy atom. The molecule has 6 heteroatoms. The predicted octanol–water partition coefficient (Wildman–Crippen LogP) is 1.61. The zero-order chi connectivity index (χ0) is 14.8. The number of likely N-dealkylation sites (tertiary alicyclic amines) is 1. The van der Waals surface area contributed by atoms with Gasteiger partial charge in [0.05, 0.1) is 4.90 Å². The number of nitrogens with one attached hydrogen (secondary N) is 1. The summed E-state index contributed by atoms with van der Waals surface area (Å²) in [6.45, 7) is 5.02. The van der Waals surface area contributed by atoms with Gasteiger partial charge in [-0.2, -0.15) is 0 Å². The molecule has 5 nitrogen and oxygen atoms in total. The average molecular weight is 296 g/mol. The highest BCUT2D eigenvalue weighted by Crippen LogP contribution is 2.16. The first-order chi connectivity index (χ1) is 9.40. The van der Waals surface area contributed by atoms with Crippen LogP contribution < -0.4 is 4.72 Å². The molecule has 110 valence electrons. The Labute approximate surface area is 120 Å². The Morgan fingerprint density at radius 2 is 1.90 bits per heavy atom. The maximum atomic E-state index is 12.3. The van der Waals surface area contributed by atoms with Gasteiger partial charge in [-0.25, -0.2) is 13.1 Å². The van der Waals surface area contributed by atoms with E-state index in [1.807, 2.05) is 0 Å². The van der Waals surface area contributed by atoms with Crippen LogP contribution in [0.2, 0.25) is 0 Å². The molecule has 1 fully saturated rings. The summed E-state index contributed by atoms with van der Waals surface area (Å²) in [5.41, 5.74) is 0.429. The first-order valence-corrected chi connectivity index (χ1v) is 8.30. The van der Waals surface area contributed by atoms with Crippen molar-refractivity contribution in [2.75, 3.05) is 13.1 Å². The Bertz CT molecular complexity index is 590. The second-order valence-corrected chi connectivity index (χ2v) is 7.02. The number of hydrogen-bond acceptors (Lipinski definition) is 3. The number of carbonyl (C=O) groups is 1. The molecule has 1 aliphatic rings. The third-order valence-electron chi connectivity index (χ3n) is 3.18. The quantitative estimate of drug-likeness (QED) is 0.918. The number of sulfonamides is 1. The second kappa shape index (κ2) is 5.93. The number of benzene rings is 1. The van der Waals surface area contributed by atoms with Gasteiger partial charge in [-0.1, -0.05) is 6.07 Å². The predicted molar refractivity (Wildman–Crippen MR) is 77.0 cm³/mol. The van der Waals surface area contributed by atoms with Gasteiger partial charge in [-0.3, -0.25) is 4.79 Å². The van der Waals surface area contributed by atoms with Crippen LogP contribution in [0, 0.1) is 0 Å². The van der Waals surface area contributed by atoms with Crippen LogP contribution in [-0.4, -0.2) is 38.4 Å². The van der Waals surface area contributed by atoms with Crippen LogP contribution in [0.4, 0.5) is 0 Å². The van der Waals surface area contributed by atoms with Crippen molar-refractivity contribution in [2.45, 2.75) is 37.6 Å². The molecule has 0 aliphatic carbocycles. The molecule has 0 aromatic heterocycles. The van der Waals surface area contributed by atoms with Gasteiger partial charge in [-0.15, -0.1) is 0 Å². The van der Waals surface area contributed by atoms with Crippen molar-refractivity contribution in [1.82, 2.24) is 9.62 Å². The molecule has 1 amide bonds. The van der Waals surface area contributed by atoms with Crippen LogP contribution >= 0.6 is 0 Å². The van der Waals surface area contributed by atoms with Crippen molar-refractivity contribution >= 4 is 15.9 Å². The average Bonchev–Trinajstić information content (AvgIpc) is 2.90. The number of rotatable bonds is 4. The van der Waals surface area contributed by atoms with Crippen molar-refractivity contribution in [3.05, 3.63) is 29.8 Å². The minimum atomic E-state index is -3.56. The van der Waals surface area contributed by atoms with E-state index in [9.17, 15) is 13.2 Å². The lowest BCUT2D eigenvalue weighted by atomic mass is 10.2. The van der Waals surface area contributed by atoms with Crippen LogP contribution in [0.1, 0.15) is 37.0 Å². The van der Waals surface area contributed by atoms with E-state index < -0.39 is 10.0 Å². The van der Waals surface area contributed by atoms with E-state index in [1.54, 1.807) is 30.9 Å². The number of nitrogens with zero attached hydrogens (tertiary/aromatic N) is 1. The number of amides is 1. The highest BCUT2D eigenvalue weighted by Gasteiger charge is 2.22. The fourth-order valence-corrected chi connectivity index (χ4v) is 3.57. The van der Waals surface area contributed by atoms with Crippen LogP contribution in [0.25, 0.3) is 0 Å². The summed E-state index contributed by atoms with van der Waals surface area (Å²) in [4.78, 5) is 14.2. The maximum Gasteiger partial charge on any atom is 0.253 e. The monoisotopic (exact) mass is 296 g/mol. The van der Waals surface area contributed by atoms with E-state index in [2.05, 4.69) is 4.72 Å². The zero-order valence-electron chi connectivity index (χ0n) is 11.8. The van der Waals surface area contributed by atoms with Crippen molar-refractivity contribution in [3.63, 3.8) is 0 Å². The van der Waals surface area contributed by atoms with Gasteiger partial charge in [0.2, 0.25) is 10.0 Å². The summed E-state index contributed by atoms with van der Waals surface area (Å²) < 4.78 is 26.7. The Balaban J connectivity index is 2.26. The molecule has 0 bridgehead atoms. The molecule has 1 aromatic carbocycles. The minimum Gasteiger partial charge on any atom is -0.339 e. The minimum absolute atomic E-state index is 0.0934. The zero-order valence-corrected chi connectivity index (χ0v) is 12.6. The first kappa shape index (κ1) is 15.0. The topological polar surface area (TPSA) is 66.5 Å². The van der Waals surface area contributed by atoms with E-state index in [-0.39, 0.29) is 16.8 Å². The normalized spacial score (nSPS) is 15.8. The molecule has 0 saturated carbocycles. The van der Waals surface area contributed by atoms with Gasteiger partial charge in [0, 0.05) is 24.7 Å². The van der Waals surface area contributed by atoms with Crippen LogP contribution in [-0.2, 0) is 10.0 Å². The van der Waals surface area contributed by atoms with Crippen molar-refractivity contribution in [3.8, 4) is 0 Å². The summed E-state index contributed by atoms with van der Waals surface area (Å²) in [5.74, 6) is -0.0934. The lowest BCUT2D eigenvalue weighted by Crippen LogP contribution is -2.31. The van der Waals surface area contributed by atoms with Gasteiger partial charge >= 0.3 is 0 Å². The van der Waals surface area contributed by atoms with Crippen LogP contribution in [0.15, 0.2) is 29.2 Å². The lowest BCUT2D eigenvalue weighted by Gasteiger charge is -2.16. The maximum absolute atomic E-state index is 12.3. The molecule has 0 radical (unpaired) electrons. The van der Waals surface area contributed by atoms with Gasteiger partial charge in [-0.05, 0) is 44.9 Å². The van der Waals surface area contributed by atoms with Crippen LogP contribution in [0.3, 0.4) is 0 Å². The molecular formula is C14H20N2O3S. The van der Waals surface area contributed by atoms with E-state index in [0.29, 0.717) is 5.56 Å². The smallest absolute Gasteiger partial charge is 0.253 e. The summed E-state index contributed by atoms with van der Waals surface area (Å²) in [5, 5.41) is 0. The molecule has 2 rings (SSSR count). The van der Waals surface area contributed by atoms with Gasteiger partial charge < -0.3 is 4.90 Å². The van der Waals surface area contributed by atoms with Crippen LogP contribution in [0.5, 0.6) is 0 Å². The molecule has 1 aromatic rings. The fraction of sp³-hybridized carbons (Fsp3) is 0.500.